The number of hydrogen-bond donors (Lipinski definition) is 0. The second-order valence-corrected chi connectivity index (χ2v) is 11.8. The van der Waals surface area contributed by atoms with Gasteiger partial charge in [0.25, 0.3) is 0 Å². The van der Waals surface area contributed by atoms with Gasteiger partial charge < -0.3 is 4.74 Å². The highest BCUT2D eigenvalue weighted by molar-refractivity contribution is 8.47. The lowest BCUT2D eigenvalue weighted by Gasteiger charge is -2.23. The Morgan fingerprint density at radius 1 is 1.14 bits per heavy atom. The molecule has 0 aliphatic heterocycles. The lowest BCUT2D eigenvalue weighted by molar-refractivity contribution is -0.145. The van der Waals surface area contributed by atoms with Crippen molar-refractivity contribution < 1.29 is 9.53 Å². The van der Waals surface area contributed by atoms with Gasteiger partial charge in [-0.15, -0.1) is 11.8 Å². The van der Waals surface area contributed by atoms with Crippen molar-refractivity contribution in [3.63, 3.8) is 0 Å². The Kier molecular flexibility index (Phi) is 17.2. The first-order chi connectivity index (χ1) is 13.3. The van der Waals surface area contributed by atoms with Crippen LogP contribution in [0.15, 0.2) is 5.11 Å². The van der Waals surface area contributed by atoms with Gasteiger partial charge in [0.05, 0.1) is 6.61 Å². The Morgan fingerprint density at radius 2 is 1.75 bits per heavy atom. The van der Waals surface area contributed by atoms with Crippen LogP contribution in [0.4, 0.5) is 0 Å². The minimum atomic E-state index is -0.708. The summed E-state index contributed by atoms with van der Waals surface area (Å²) in [6.07, 6.45) is 12.3. The molecule has 0 rings (SSSR count). The van der Waals surface area contributed by atoms with E-state index in [1.807, 2.05) is 13.8 Å². The van der Waals surface area contributed by atoms with Crippen molar-refractivity contribution in [2.24, 2.45) is 5.11 Å². The topological polar surface area (TPSA) is 75.1 Å². The second-order valence-electron chi connectivity index (χ2n) is 7.50. The third-order valence-electron chi connectivity index (χ3n) is 4.29. The lowest BCUT2D eigenvalue weighted by Crippen LogP contribution is -2.31. The van der Waals surface area contributed by atoms with Crippen LogP contribution in [0.3, 0.4) is 0 Å². The highest BCUT2D eigenvalue weighted by Gasteiger charge is 2.32. The summed E-state index contributed by atoms with van der Waals surface area (Å²) in [4.78, 5) is 14.9. The Bertz CT molecular complexity index is 495. The first kappa shape index (κ1) is 27.6. The van der Waals surface area contributed by atoms with Gasteiger partial charge in [0.2, 0.25) is 0 Å². The monoisotopic (exact) mass is 447 g/mol. The van der Waals surface area contributed by atoms with Crippen LogP contribution in [0.2, 0.25) is 0 Å². The molecule has 8 heteroatoms. The van der Waals surface area contributed by atoms with Crippen LogP contribution < -0.4 is 0 Å². The predicted octanol–water partition coefficient (Wildman–Crippen LogP) is 7.68. The average molecular weight is 448 g/mol. The van der Waals surface area contributed by atoms with E-state index in [1.165, 1.54) is 63.1 Å². The van der Waals surface area contributed by atoms with E-state index < -0.39 is 4.75 Å². The van der Waals surface area contributed by atoms with Gasteiger partial charge >= 0.3 is 5.97 Å². The van der Waals surface area contributed by atoms with Crippen LogP contribution >= 0.6 is 35.7 Å². The van der Waals surface area contributed by atoms with E-state index in [0.29, 0.717) is 18.2 Å². The molecule has 0 N–H and O–H groups in total. The summed E-state index contributed by atoms with van der Waals surface area (Å²) in [7, 11) is 0. The summed E-state index contributed by atoms with van der Waals surface area (Å²) in [6, 6.07) is 0. The molecule has 0 bridgehead atoms. The lowest BCUT2D eigenvalue weighted by atomic mass is 10.1. The van der Waals surface area contributed by atoms with E-state index in [2.05, 4.69) is 23.9 Å². The van der Waals surface area contributed by atoms with Gasteiger partial charge in [0.1, 0.15) is 8.28 Å². The van der Waals surface area contributed by atoms with Crippen molar-refractivity contribution in [3.05, 3.63) is 10.4 Å². The average Bonchev–Trinajstić information content (AvgIpc) is 2.62. The molecule has 0 radical (unpaired) electrons. The van der Waals surface area contributed by atoms with Crippen molar-refractivity contribution in [1.29, 1.82) is 0 Å². The van der Waals surface area contributed by atoms with Gasteiger partial charge in [-0.25, -0.2) is 0 Å². The molecule has 0 aromatic carbocycles. The molecular formula is C20H37N3O2S3. The number of thiocarbonyl (C=S) groups is 1. The van der Waals surface area contributed by atoms with Crippen molar-refractivity contribution in [2.75, 3.05) is 13.2 Å². The Morgan fingerprint density at radius 3 is 2.36 bits per heavy atom. The first-order valence-electron chi connectivity index (χ1n) is 10.4. The maximum Gasteiger partial charge on any atom is 0.322 e. The third kappa shape index (κ3) is 15.5. The smallest absolute Gasteiger partial charge is 0.322 e. The zero-order valence-corrected chi connectivity index (χ0v) is 20.4. The normalized spacial score (nSPS) is 12.3. The van der Waals surface area contributed by atoms with E-state index >= 15 is 0 Å². The fourth-order valence-electron chi connectivity index (χ4n) is 2.58. The maximum atomic E-state index is 12.2. The summed E-state index contributed by atoms with van der Waals surface area (Å²) >= 11 is 8.58. The molecule has 0 aromatic heterocycles. The van der Waals surface area contributed by atoms with Gasteiger partial charge in [0, 0.05) is 16.7 Å². The third-order valence-corrected chi connectivity index (χ3v) is 7.04. The molecule has 1 atom stereocenters. The quantitative estimate of drug-likeness (QED) is 0.0605. The molecule has 0 aromatic rings. The Labute approximate surface area is 185 Å². The van der Waals surface area contributed by atoms with Gasteiger partial charge in [-0.3, -0.25) is 4.79 Å². The molecule has 0 aliphatic carbocycles. The van der Waals surface area contributed by atoms with E-state index in [1.54, 1.807) is 11.8 Å². The second kappa shape index (κ2) is 17.4. The summed E-state index contributed by atoms with van der Waals surface area (Å²) in [5, 5.41) is 3.89. The molecule has 1 unspecified atom stereocenters. The first-order valence-corrected chi connectivity index (χ1v) is 12.5. The Balaban J connectivity index is 3.93. The summed E-state index contributed by atoms with van der Waals surface area (Å²) in [5.41, 5.74) is 8.23. The molecule has 0 amide bonds. The molecular weight excluding hydrogens is 410 g/mol. The molecule has 28 heavy (non-hydrogen) atoms. The van der Waals surface area contributed by atoms with E-state index in [-0.39, 0.29) is 12.6 Å². The number of nitrogens with zero attached hydrogens (tertiary/aromatic N) is 3. The van der Waals surface area contributed by atoms with Gasteiger partial charge in [-0.2, -0.15) is 0 Å². The number of azide groups is 1. The molecule has 0 fully saturated rings. The van der Waals surface area contributed by atoms with Crippen molar-refractivity contribution in [2.45, 2.75) is 102 Å². The molecule has 162 valence electrons. The van der Waals surface area contributed by atoms with E-state index in [0.717, 1.165) is 9.95 Å². The number of hydrogen-bond acceptors (Lipinski definition) is 6. The summed E-state index contributed by atoms with van der Waals surface area (Å²) in [6.45, 7) is 8.73. The number of esters is 1. The SMILES string of the molecule is CCCCCCCCCCC(C)SC(=S)SC(C)(C)C(=O)OCCCN=[N+]=[N-]. The predicted molar refractivity (Wildman–Crippen MR) is 128 cm³/mol. The highest BCUT2D eigenvalue weighted by Crippen LogP contribution is 2.34. The van der Waals surface area contributed by atoms with Crippen molar-refractivity contribution >= 4 is 45.2 Å². The van der Waals surface area contributed by atoms with Crippen LogP contribution in [0.25, 0.3) is 10.4 Å². The highest BCUT2D eigenvalue weighted by atomic mass is 32.2. The summed E-state index contributed by atoms with van der Waals surface area (Å²) in [5.74, 6) is -0.280. The van der Waals surface area contributed by atoms with Crippen molar-refractivity contribution in [3.8, 4) is 0 Å². The molecule has 0 heterocycles. The van der Waals surface area contributed by atoms with Crippen LogP contribution in [-0.4, -0.2) is 32.6 Å². The van der Waals surface area contributed by atoms with Crippen molar-refractivity contribution in [1.82, 2.24) is 0 Å². The minimum Gasteiger partial charge on any atom is -0.465 e. The standard InChI is InChI=1S/C20H37N3O2S3/c1-5-6-7-8-9-10-11-12-14-17(2)27-19(26)28-20(3,4)18(24)25-16-13-15-22-23-21/h17H,5-16H2,1-4H3. The van der Waals surface area contributed by atoms with Crippen LogP contribution in [0.1, 0.15) is 91.9 Å². The molecule has 0 saturated carbocycles. The molecule has 0 saturated heterocycles. The van der Waals surface area contributed by atoms with Crippen LogP contribution in [-0.2, 0) is 9.53 Å². The zero-order chi connectivity index (χ0) is 21.3. The van der Waals surface area contributed by atoms with Crippen LogP contribution in [0, 0.1) is 0 Å². The number of carbonyl (C=O) groups is 1. The minimum absolute atomic E-state index is 0.261. The molecule has 0 spiro atoms. The van der Waals surface area contributed by atoms with Gasteiger partial charge in [0.15, 0.2) is 0 Å². The molecule has 5 nitrogen and oxygen atoms in total. The zero-order valence-electron chi connectivity index (χ0n) is 17.9. The number of ether oxygens (including phenoxy) is 1. The fraction of sp³-hybridized carbons (Fsp3) is 0.900. The maximum absolute atomic E-state index is 12.2. The number of thioether (sulfide) groups is 2. The number of carbonyl (C=O) groups excluding carboxylic acids is 1. The van der Waals surface area contributed by atoms with Gasteiger partial charge in [-0.1, -0.05) is 94.3 Å². The van der Waals surface area contributed by atoms with Gasteiger partial charge in [-0.05, 0) is 32.2 Å². The number of rotatable bonds is 16. The van der Waals surface area contributed by atoms with Crippen LogP contribution in [0.5, 0.6) is 0 Å². The number of unbranched alkanes of at least 4 members (excludes halogenated alkanes) is 7. The summed E-state index contributed by atoms with van der Waals surface area (Å²) < 4.78 is 5.36. The van der Waals surface area contributed by atoms with E-state index in [4.69, 9.17) is 22.5 Å². The largest absolute Gasteiger partial charge is 0.465 e. The molecule has 0 aliphatic rings. The van der Waals surface area contributed by atoms with E-state index in [9.17, 15) is 4.79 Å². The fourth-order valence-corrected chi connectivity index (χ4v) is 6.18. The Hall–Kier alpha value is -0.430.